The Morgan fingerprint density at radius 3 is 1.63 bits per heavy atom. The molecule has 1 heterocycles. The summed E-state index contributed by atoms with van der Waals surface area (Å²) in [5.74, 6) is -13.9. The number of hydrogen-bond acceptors (Lipinski definition) is 2. The largest absolute Gasteiger partial charge is 0.236 e. The van der Waals surface area contributed by atoms with Gasteiger partial charge in [0.1, 0.15) is 23.3 Å². The van der Waals surface area contributed by atoms with E-state index in [0.717, 1.165) is 49.4 Å². The van der Waals surface area contributed by atoms with E-state index in [0.29, 0.717) is 35.9 Å². The maximum Gasteiger partial charge on any atom is 0.194 e. The maximum absolute atomic E-state index is 15.1. The van der Waals surface area contributed by atoms with Gasteiger partial charge in [-0.2, -0.15) is 0 Å². The van der Waals surface area contributed by atoms with Gasteiger partial charge in [0.2, 0.25) is 0 Å². The van der Waals surface area contributed by atoms with E-state index in [1.165, 1.54) is 12.1 Å². The van der Waals surface area contributed by atoms with Gasteiger partial charge >= 0.3 is 0 Å². The van der Waals surface area contributed by atoms with Crippen LogP contribution in [-0.2, 0) is 6.42 Å². The molecule has 2 nitrogen and oxygen atoms in total. The Bertz CT molecular complexity index is 1910. The quantitative estimate of drug-likeness (QED) is 0.0692. The van der Waals surface area contributed by atoms with Gasteiger partial charge in [0.15, 0.2) is 34.9 Å². The molecule has 0 atom stereocenters. The molecule has 0 aliphatic heterocycles. The lowest BCUT2D eigenvalue weighted by Gasteiger charge is -2.11. The van der Waals surface area contributed by atoms with E-state index in [2.05, 4.69) is 16.9 Å². The molecule has 1 aromatic heterocycles. The lowest BCUT2D eigenvalue weighted by Crippen LogP contribution is -1.98. The standard InChI is InChI=1S/C35H23F9N2/c1-2-3-4-5-18-16-45-35(46-17-18)20-7-9-24(26(37)11-20)21-12-27(38)31(28(39)13-21)34(44)32(42)19-6-8-23(25(36)10-19)22-14-29(40)33(43)30(41)15-22/h6-17H,2-5H2,1H3. The van der Waals surface area contributed by atoms with E-state index in [9.17, 15) is 17.6 Å². The minimum Gasteiger partial charge on any atom is -0.236 e. The van der Waals surface area contributed by atoms with Crippen LogP contribution in [-0.4, -0.2) is 9.97 Å². The molecule has 236 valence electrons. The molecule has 5 aromatic rings. The molecule has 0 bridgehead atoms. The first-order valence-electron chi connectivity index (χ1n) is 14.1. The van der Waals surface area contributed by atoms with Crippen molar-refractivity contribution in [3.05, 3.63) is 130 Å². The fraction of sp³-hybridized carbons (Fsp3) is 0.143. The van der Waals surface area contributed by atoms with Crippen molar-refractivity contribution in [3.8, 4) is 33.6 Å². The zero-order valence-electron chi connectivity index (χ0n) is 24.1. The van der Waals surface area contributed by atoms with Gasteiger partial charge < -0.3 is 0 Å². The van der Waals surface area contributed by atoms with Crippen LogP contribution in [0, 0.1) is 40.7 Å². The smallest absolute Gasteiger partial charge is 0.194 e. The molecule has 0 spiro atoms. The van der Waals surface area contributed by atoms with Gasteiger partial charge in [-0.1, -0.05) is 44.0 Å². The van der Waals surface area contributed by atoms with E-state index >= 15 is 22.0 Å². The van der Waals surface area contributed by atoms with Crippen LogP contribution >= 0.6 is 0 Å². The van der Waals surface area contributed by atoms with Gasteiger partial charge in [0, 0.05) is 34.6 Å². The Hall–Kier alpha value is -4.93. The highest BCUT2D eigenvalue weighted by Gasteiger charge is 2.23. The van der Waals surface area contributed by atoms with Gasteiger partial charge in [-0.25, -0.2) is 49.5 Å². The summed E-state index contributed by atoms with van der Waals surface area (Å²) >= 11 is 0. The molecule has 0 saturated heterocycles. The van der Waals surface area contributed by atoms with Gasteiger partial charge in [-0.3, -0.25) is 0 Å². The number of unbranched alkanes of at least 4 members (excludes halogenated alkanes) is 2. The maximum atomic E-state index is 15.1. The van der Waals surface area contributed by atoms with Crippen molar-refractivity contribution >= 4 is 11.7 Å². The fourth-order valence-electron chi connectivity index (χ4n) is 4.87. The predicted molar refractivity (Wildman–Crippen MR) is 157 cm³/mol. The third-order valence-electron chi connectivity index (χ3n) is 7.28. The van der Waals surface area contributed by atoms with Gasteiger partial charge in [-0.05, 0) is 65.9 Å². The highest BCUT2D eigenvalue weighted by Crippen LogP contribution is 2.37. The average Bonchev–Trinajstić information content (AvgIpc) is 3.03. The molecule has 11 heteroatoms. The van der Waals surface area contributed by atoms with Gasteiger partial charge in [0.05, 0.1) is 5.56 Å². The molecule has 0 unspecified atom stereocenters. The lowest BCUT2D eigenvalue weighted by molar-refractivity contribution is 0.447. The van der Waals surface area contributed by atoms with Crippen molar-refractivity contribution in [1.82, 2.24) is 9.97 Å². The van der Waals surface area contributed by atoms with Crippen LogP contribution in [0.25, 0.3) is 45.3 Å². The monoisotopic (exact) mass is 642 g/mol. The molecule has 5 rings (SSSR count). The number of aryl methyl sites for hydroxylation is 1. The fourth-order valence-corrected chi connectivity index (χ4v) is 4.87. The SMILES string of the molecule is CCCCCc1cnc(-c2ccc(-c3cc(F)c(C(F)=C(F)c4ccc(-c5cc(F)c(F)c(F)c5)c(F)c4)c(F)c3)c(F)c2)nc1. The second-order valence-electron chi connectivity index (χ2n) is 10.5. The lowest BCUT2D eigenvalue weighted by atomic mass is 9.99. The molecule has 0 fully saturated rings. The van der Waals surface area contributed by atoms with E-state index in [1.54, 1.807) is 12.4 Å². The summed E-state index contributed by atoms with van der Waals surface area (Å²) in [7, 11) is 0. The number of nitrogens with zero attached hydrogens (tertiary/aromatic N) is 2. The first kappa shape index (κ1) is 32.5. The van der Waals surface area contributed by atoms with Crippen molar-refractivity contribution < 1.29 is 39.5 Å². The number of benzene rings is 4. The second-order valence-corrected chi connectivity index (χ2v) is 10.5. The van der Waals surface area contributed by atoms with Crippen LogP contribution < -0.4 is 0 Å². The van der Waals surface area contributed by atoms with E-state index in [4.69, 9.17) is 0 Å². The van der Waals surface area contributed by atoms with Gasteiger partial charge in [0.25, 0.3) is 0 Å². The Balaban J connectivity index is 1.41. The number of hydrogen-bond donors (Lipinski definition) is 0. The Labute approximate surface area is 257 Å². The molecule has 0 aliphatic rings. The summed E-state index contributed by atoms with van der Waals surface area (Å²) in [5.41, 5.74) is -2.42. The van der Waals surface area contributed by atoms with E-state index in [1.807, 2.05) is 0 Å². The Morgan fingerprint density at radius 2 is 1.09 bits per heavy atom. The molecular formula is C35H23F9N2. The zero-order chi connectivity index (χ0) is 33.1. The molecule has 4 aromatic carbocycles. The third kappa shape index (κ3) is 6.68. The van der Waals surface area contributed by atoms with Crippen LogP contribution in [0.4, 0.5) is 39.5 Å². The van der Waals surface area contributed by atoms with Crippen LogP contribution in [0.2, 0.25) is 0 Å². The molecule has 46 heavy (non-hydrogen) atoms. The van der Waals surface area contributed by atoms with Crippen molar-refractivity contribution in [2.24, 2.45) is 0 Å². The Morgan fingerprint density at radius 1 is 0.565 bits per heavy atom. The van der Waals surface area contributed by atoms with Crippen molar-refractivity contribution in [1.29, 1.82) is 0 Å². The highest BCUT2D eigenvalue weighted by atomic mass is 19.2. The van der Waals surface area contributed by atoms with Crippen molar-refractivity contribution in [2.45, 2.75) is 32.6 Å². The zero-order valence-corrected chi connectivity index (χ0v) is 24.1. The average molecular weight is 643 g/mol. The van der Waals surface area contributed by atoms with Crippen molar-refractivity contribution in [3.63, 3.8) is 0 Å². The number of halogens is 9. The topological polar surface area (TPSA) is 25.8 Å². The summed E-state index contributed by atoms with van der Waals surface area (Å²) in [6, 6.07) is 8.09. The molecule has 0 saturated carbocycles. The number of rotatable bonds is 9. The summed E-state index contributed by atoms with van der Waals surface area (Å²) in [4.78, 5) is 8.52. The van der Waals surface area contributed by atoms with Crippen LogP contribution in [0.5, 0.6) is 0 Å². The third-order valence-corrected chi connectivity index (χ3v) is 7.28. The van der Waals surface area contributed by atoms with Crippen LogP contribution in [0.3, 0.4) is 0 Å². The molecule has 0 radical (unpaired) electrons. The summed E-state index contributed by atoms with van der Waals surface area (Å²) in [6.07, 6.45) is 7.21. The molecular weight excluding hydrogens is 619 g/mol. The van der Waals surface area contributed by atoms with Crippen LogP contribution in [0.1, 0.15) is 42.9 Å². The summed E-state index contributed by atoms with van der Waals surface area (Å²) < 4.78 is 130. The summed E-state index contributed by atoms with van der Waals surface area (Å²) in [5, 5.41) is 0. The predicted octanol–water partition coefficient (Wildman–Crippen LogP) is 10.9. The first-order chi connectivity index (χ1) is 22.0. The first-order valence-corrected chi connectivity index (χ1v) is 14.1. The molecule has 0 amide bonds. The minimum atomic E-state index is -2.02. The van der Waals surface area contributed by atoms with Crippen molar-refractivity contribution in [2.75, 3.05) is 0 Å². The second kappa shape index (κ2) is 13.6. The normalized spacial score (nSPS) is 12.0. The Kier molecular flexibility index (Phi) is 9.60. The highest BCUT2D eigenvalue weighted by molar-refractivity contribution is 5.85. The molecule has 0 aliphatic carbocycles. The molecule has 0 N–H and O–H groups in total. The van der Waals surface area contributed by atoms with E-state index in [-0.39, 0.29) is 17.0 Å². The van der Waals surface area contributed by atoms with Gasteiger partial charge in [-0.15, -0.1) is 0 Å². The summed E-state index contributed by atoms with van der Waals surface area (Å²) in [6.45, 7) is 2.09. The number of aromatic nitrogens is 2. The minimum absolute atomic E-state index is 0.236. The van der Waals surface area contributed by atoms with E-state index < -0.39 is 74.6 Å². The van der Waals surface area contributed by atoms with Crippen LogP contribution in [0.15, 0.2) is 73.1 Å².